The van der Waals surface area contributed by atoms with Crippen LogP contribution in [0, 0.1) is 12.8 Å². The van der Waals surface area contributed by atoms with Crippen molar-refractivity contribution in [1.29, 1.82) is 0 Å². The van der Waals surface area contributed by atoms with Crippen molar-refractivity contribution in [3.05, 3.63) is 41.0 Å². The number of benzene rings is 1. The number of hydrogen-bond acceptors (Lipinski definition) is 4. The molecule has 1 aromatic heterocycles. The molecule has 2 amide bonds. The minimum atomic E-state index is -0.101. The summed E-state index contributed by atoms with van der Waals surface area (Å²) in [6.07, 6.45) is 2.73. The van der Waals surface area contributed by atoms with E-state index in [2.05, 4.69) is 15.5 Å². The van der Waals surface area contributed by atoms with Crippen LogP contribution in [0.25, 0.3) is 0 Å². The summed E-state index contributed by atoms with van der Waals surface area (Å²) in [7, 11) is 0. The first-order valence-electron chi connectivity index (χ1n) is 7.71. The summed E-state index contributed by atoms with van der Waals surface area (Å²) < 4.78 is 4.97. The molecule has 2 aromatic rings. The second-order valence-electron chi connectivity index (χ2n) is 5.78. The van der Waals surface area contributed by atoms with E-state index >= 15 is 0 Å². The van der Waals surface area contributed by atoms with Crippen LogP contribution in [0.3, 0.4) is 0 Å². The van der Waals surface area contributed by atoms with Gasteiger partial charge in [0.05, 0.1) is 10.7 Å². The molecule has 1 N–H and O–H groups in total. The predicted octanol–water partition coefficient (Wildman–Crippen LogP) is 3.52. The van der Waals surface area contributed by atoms with Crippen LogP contribution in [-0.2, 0) is 6.42 Å². The van der Waals surface area contributed by atoms with E-state index < -0.39 is 0 Å². The molecule has 6 nitrogen and oxygen atoms in total. The van der Waals surface area contributed by atoms with Gasteiger partial charge in [0.2, 0.25) is 5.89 Å². The van der Waals surface area contributed by atoms with Gasteiger partial charge in [-0.3, -0.25) is 0 Å². The number of aromatic nitrogens is 2. The van der Waals surface area contributed by atoms with Gasteiger partial charge >= 0.3 is 6.03 Å². The first-order valence-corrected chi connectivity index (χ1v) is 8.09. The number of halogens is 1. The fraction of sp³-hybridized carbons (Fsp3) is 0.438. The summed E-state index contributed by atoms with van der Waals surface area (Å²) in [6, 6.07) is 7.14. The predicted molar refractivity (Wildman–Crippen MR) is 87.5 cm³/mol. The highest BCUT2D eigenvalue weighted by Crippen LogP contribution is 2.24. The number of nitrogens with one attached hydrogen (secondary N) is 1. The lowest BCUT2D eigenvalue weighted by atomic mass is 10.0. The van der Waals surface area contributed by atoms with Gasteiger partial charge in [0.25, 0.3) is 0 Å². The molecule has 1 saturated heterocycles. The third kappa shape index (κ3) is 4.01. The van der Waals surface area contributed by atoms with Crippen LogP contribution in [0.1, 0.15) is 24.6 Å². The quantitative estimate of drug-likeness (QED) is 0.928. The molecule has 0 spiro atoms. The summed E-state index contributed by atoms with van der Waals surface area (Å²) in [4.78, 5) is 18.3. The van der Waals surface area contributed by atoms with Gasteiger partial charge in [-0.25, -0.2) is 4.79 Å². The fourth-order valence-electron chi connectivity index (χ4n) is 2.79. The highest BCUT2D eigenvalue weighted by Gasteiger charge is 2.26. The molecule has 1 aromatic carbocycles. The van der Waals surface area contributed by atoms with Gasteiger partial charge < -0.3 is 14.7 Å². The molecule has 23 heavy (non-hydrogen) atoms. The second-order valence-corrected chi connectivity index (χ2v) is 6.19. The molecule has 2 heterocycles. The van der Waals surface area contributed by atoms with E-state index in [1.807, 2.05) is 17.0 Å². The number of likely N-dealkylation sites (tertiary alicyclic amines) is 1. The van der Waals surface area contributed by atoms with Crippen molar-refractivity contribution in [2.75, 3.05) is 18.4 Å². The van der Waals surface area contributed by atoms with Crippen LogP contribution in [0.4, 0.5) is 10.5 Å². The van der Waals surface area contributed by atoms with Crippen LogP contribution in [0.2, 0.25) is 5.02 Å². The molecule has 0 saturated carbocycles. The summed E-state index contributed by atoms with van der Waals surface area (Å²) in [6.45, 7) is 3.28. The Labute approximate surface area is 139 Å². The Balaban J connectivity index is 1.49. The maximum atomic E-state index is 12.3. The van der Waals surface area contributed by atoms with Crippen molar-refractivity contribution >= 4 is 23.3 Å². The highest BCUT2D eigenvalue weighted by atomic mass is 35.5. The Hall–Kier alpha value is -2.08. The smallest absolute Gasteiger partial charge is 0.321 e. The number of urea groups is 1. The number of carbonyl (C=O) groups is 1. The molecule has 1 atom stereocenters. The average molecular weight is 335 g/mol. The van der Waals surface area contributed by atoms with E-state index in [0.717, 1.165) is 38.2 Å². The normalized spacial score (nSPS) is 17.5. The SMILES string of the molecule is Cc1nc(CCC2CCN(C(=O)Nc3ccccc3Cl)C2)no1. The number of amides is 2. The molecule has 7 heteroatoms. The standard InChI is InChI=1S/C16H19ClN4O2/c1-11-18-15(20-23-11)7-6-12-8-9-21(10-12)16(22)19-14-5-3-2-4-13(14)17/h2-5,12H,6-10H2,1H3,(H,19,22). The number of rotatable bonds is 4. The zero-order valence-electron chi connectivity index (χ0n) is 13.0. The molecule has 1 fully saturated rings. The first kappa shape index (κ1) is 15.8. The van der Waals surface area contributed by atoms with Crippen molar-refractivity contribution < 1.29 is 9.32 Å². The number of carbonyl (C=O) groups excluding carboxylic acids is 1. The zero-order valence-corrected chi connectivity index (χ0v) is 13.7. The molecule has 3 rings (SSSR count). The van der Waals surface area contributed by atoms with Crippen molar-refractivity contribution in [1.82, 2.24) is 15.0 Å². The van der Waals surface area contributed by atoms with Crippen LogP contribution < -0.4 is 5.32 Å². The van der Waals surface area contributed by atoms with Gasteiger partial charge in [-0.2, -0.15) is 4.98 Å². The lowest BCUT2D eigenvalue weighted by molar-refractivity contribution is 0.220. The van der Waals surface area contributed by atoms with Crippen molar-refractivity contribution in [3.63, 3.8) is 0 Å². The van der Waals surface area contributed by atoms with E-state index in [-0.39, 0.29) is 6.03 Å². The van der Waals surface area contributed by atoms with Crippen LogP contribution in [0.5, 0.6) is 0 Å². The summed E-state index contributed by atoms with van der Waals surface area (Å²) in [5.41, 5.74) is 0.643. The number of para-hydroxylation sites is 1. The van der Waals surface area contributed by atoms with Gasteiger partial charge in [0, 0.05) is 26.4 Å². The number of anilines is 1. The van der Waals surface area contributed by atoms with Crippen LogP contribution in [-0.4, -0.2) is 34.2 Å². The molecular weight excluding hydrogens is 316 g/mol. The molecule has 1 aliphatic rings. The van der Waals surface area contributed by atoms with Gasteiger partial charge in [-0.05, 0) is 30.9 Å². The van der Waals surface area contributed by atoms with E-state index in [1.165, 1.54) is 0 Å². The Morgan fingerprint density at radius 3 is 3.04 bits per heavy atom. The number of nitrogens with zero attached hydrogens (tertiary/aromatic N) is 3. The van der Waals surface area contributed by atoms with E-state index in [1.54, 1.807) is 19.1 Å². The summed E-state index contributed by atoms with van der Waals surface area (Å²) in [5, 5.41) is 7.31. The minimum absolute atomic E-state index is 0.101. The monoisotopic (exact) mass is 334 g/mol. The van der Waals surface area contributed by atoms with Crippen LogP contribution >= 0.6 is 11.6 Å². The Kier molecular flexibility index (Phi) is 4.81. The lowest BCUT2D eigenvalue weighted by Gasteiger charge is -2.17. The number of aryl methyl sites for hydroxylation is 2. The van der Waals surface area contributed by atoms with E-state index in [0.29, 0.717) is 22.5 Å². The highest BCUT2D eigenvalue weighted by molar-refractivity contribution is 6.33. The zero-order chi connectivity index (χ0) is 16.2. The molecule has 1 aliphatic heterocycles. The van der Waals surface area contributed by atoms with Gasteiger partial charge in [-0.1, -0.05) is 28.9 Å². The third-order valence-electron chi connectivity index (χ3n) is 4.03. The van der Waals surface area contributed by atoms with Crippen molar-refractivity contribution in [2.45, 2.75) is 26.2 Å². The van der Waals surface area contributed by atoms with E-state index in [4.69, 9.17) is 16.1 Å². The number of hydrogen-bond donors (Lipinski definition) is 1. The summed E-state index contributed by atoms with van der Waals surface area (Å²) >= 11 is 6.07. The van der Waals surface area contributed by atoms with Gasteiger partial charge in [0.1, 0.15) is 0 Å². The molecule has 0 aliphatic carbocycles. The van der Waals surface area contributed by atoms with Crippen molar-refractivity contribution in [3.8, 4) is 0 Å². The summed E-state index contributed by atoms with van der Waals surface area (Å²) in [5.74, 6) is 1.79. The molecular formula is C16H19ClN4O2. The maximum Gasteiger partial charge on any atom is 0.321 e. The Bertz CT molecular complexity index is 688. The largest absolute Gasteiger partial charge is 0.340 e. The van der Waals surface area contributed by atoms with Gasteiger partial charge in [-0.15, -0.1) is 0 Å². The first-order chi connectivity index (χ1) is 11.1. The Morgan fingerprint density at radius 2 is 2.30 bits per heavy atom. The molecule has 1 unspecified atom stereocenters. The Morgan fingerprint density at radius 1 is 1.48 bits per heavy atom. The fourth-order valence-corrected chi connectivity index (χ4v) is 2.97. The van der Waals surface area contributed by atoms with Crippen molar-refractivity contribution in [2.24, 2.45) is 5.92 Å². The maximum absolute atomic E-state index is 12.3. The topological polar surface area (TPSA) is 71.3 Å². The molecule has 0 bridgehead atoms. The van der Waals surface area contributed by atoms with E-state index in [9.17, 15) is 4.79 Å². The van der Waals surface area contributed by atoms with Gasteiger partial charge in [0.15, 0.2) is 5.82 Å². The minimum Gasteiger partial charge on any atom is -0.340 e. The van der Waals surface area contributed by atoms with Crippen LogP contribution in [0.15, 0.2) is 28.8 Å². The third-order valence-corrected chi connectivity index (χ3v) is 4.36. The molecule has 0 radical (unpaired) electrons. The molecule has 122 valence electrons. The average Bonchev–Trinajstić information content (AvgIpc) is 3.16. The lowest BCUT2D eigenvalue weighted by Crippen LogP contribution is -2.33. The second kappa shape index (κ2) is 7.00.